The molecule has 3 aromatic rings. The normalized spacial score (nSPS) is 11.0. The molecule has 2 aromatic carbocycles. The van der Waals surface area contributed by atoms with Crippen LogP contribution in [0.2, 0.25) is 0 Å². The topological polar surface area (TPSA) is 52.0 Å². The fourth-order valence-corrected chi connectivity index (χ4v) is 2.09. The maximum absolute atomic E-state index is 13.9. The summed E-state index contributed by atoms with van der Waals surface area (Å²) in [6.45, 7) is 0. The number of hydrogen-bond acceptors (Lipinski definition) is 3. The van der Waals surface area contributed by atoms with E-state index in [-0.39, 0.29) is 5.89 Å². The van der Waals surface area contributed by atoms with Gasteiger partial charge in [0.2, 0.25) is 5.89 Å². The maximum Gasteiger partial charge on any atom is 0.230 e. The van der Waals surface area contributed by atoms with Crippen LogP contribution in [-0.2, 0) is 0 Å². The summed E-state index contributed by atoms with van der Waals surface area (Å²) in [6.07, 6.45) is 0. The molecule has 2 N–H and O–H groups in total. The van der Waals surface area contributed by atoms with Gasteiger partial charge in [0, 0.05) is 11.8 Å². The molecular formula is C13H8BrFN2O. The molecule has 0 fully saturated rings. The summed E-state index contributed by atoms with van der Waals surface area (Å²) in [5.41, 5.74) is 7.76. The highest BCUT2D eigenvalue weighted by molar-refractivity contribution is 9.10. The van der Waals surface area contributed by atoms with E-state index in [4.69, 9.17) is 10.2 Å². The quantitative estimate of drug-likeness (QED) is 0.692. The van der Waals surface area contributed by atoms with Crippen LogP contribution in [0.3, 0.4) is 0 Å². The third-order valence-electron chi connectivity index (χ3n) is 2.59. The summed E-state index contributed by atoms with van der Waals surface area (Å²) >= 11 is 3.13. The molecule has 0 aliphatic rings. The van der Waals surface area contributed by atoms with Gasteiger partial charge in [0.05, 0.1) is 10.0 Å². The lowest BCUT2D eigenvalue weighted by molar-refractivity contribution is 0.590. The monoisotopic (exact) mass is 306 g/mol. The van der Waals surface area contributed by atoms with Crippen LogP contribution in [0.1, 0.15) is 0 Å². The largest absolute Gasteiger partial charge is 0.436 e. The molecule has 1 heterocycles. The van der Waals surface area contributed by atoms with E-state index in [0.717, 1.165) is 0 Å². The molecule has 18 heavy (non-hydrogen) atoms. The van der Waals surface area contributed by atoms with E-state index in [1.807, 2.05) is 0 Å². The van der Waals surface area contributed by atoms with Crippen LogP contribution in [0.5, 0.6) is 0 Å². The van der Waals surface area contributed by atoms with Crippen LogP contribution in [0.15, 0.2) is 45.3 Å². The molecule has 3 rings (SSSR count). The van der Waals surface area contributed by atoms with Crippen LogP contribution < -0.4 is 5.73 Å². The second kappa shape index (κ2) is 4.10. The number of fused-ring (bicyclic) bond motifs is 1. The van der Waals surface area contributed by atoms with Crippen molar-refractivity contribution in [3.63, 3.8) is 0 Å². The van der Waals surface area contributed by atoms with Gasteiger partial charge in [0.25, 0.3) is 0 Å². The molecule has 3 nitrogen and oxygen atoms in total. The Labute approximate surface area is 111 Å². The summed E-state index contributed by atoms with van der Waals surface area (Å²) in [5.74, 6) is -0.147. The maximum atomic E-state index is 13.9. The summed E-state index contributed by atoms with van der Waals surface area (Å²) in [6, 6.07) is 10.1. The highest BCUT2D eigenvalue weighted by Gasteiger charge is 2.14. The van der Waals surface area contributed by atoms with Gasteiger partial charge < -0.3 is 10.2 Å². The van der Waals surface area contributed by atoms with Crippen LogP contribution >= 0.6 is 15.9 Å². The molecule has 5 heteroatoms. The highest BCUT2D eigenvalue weighted by Crippen LogP contribution is 2.30. The summed E-state index contributed by atoms with van der Waals surface area (Å²) in [5, 5.41) is 0. The van der Waals surface area contributed by atoms with Gasteiger partial charge in [-0.1, -0.05) is 6.07 Å². The average Bonchev–Trinajstić information content (AvgIpc) is 2.75. The molecular weight excluding hydrogens is 299 g/mol. The van der Waals surface area contributed by atoms with E-state index in [1.165, 1.54) is 0 Å². The molecule has 90 valence electrons. The number of rotatable bonds is 1. The van der Waals surface area contributed by atoms with Crippen molar-refractivity contribution in [1.29, 1.82) is 0 Å². The number of halogens is 2. The smallest absolute Gasteiger partial charge is 0.230 e. The van der Waals surface area contributed by atoms with Crippen LogP contribution in [0.4, 0.5) is 10.1 Å². The summed E-state index contributed by atoms with van der Waals surface area (Å²) in [4.78, 5) is 4.24. The minimum atomic E-state index is -0.392. The van der Waals surface area contributed by atoms with Crippen molar-refractivity contribution >= 4 is 32.7 Å². The number of anilines is 1. The number of nitrogen functional groups attached to an aromatic ring is 1. The zero-order valence-electron chi connectivity index (χ0n) is 9.15. The minimum Gasteiger partial charge on any atom is -0.436 e. The van der Waals surface area contributed by atoms with E-state index in [0.29, 0.717) is 26.8 Å². The number of nitrogens with zero attached hydrogens (tertiary/aromatic N) is 1. The van der Waals surface area contributed by atoms with Crippen molar-refractivity contribution in [2.45, 2.75) is 0 Å². The second-order valence-electron chi connectivity index (χ2n) is 3.85. The fourth-order valence-electron chi connectivity index (χ4n) is 1.73. The molecule has 0 saturated carbocycles. The zero-order chi connectivity index (χ0) is 12.7. The van der Waals surface area contributed by atoms with Gasteiger partial charge in [0.1, 0.15) is 11.3 Å². The van der Waals surface area contributed by atoms with Gasteiger partial charge >= 0.3 is 0 Å². The van der Waals surface area contributed by atoms with Gasteiger partial charge in [-0.2, -0.15) is 0 Å². The van der Waals surface area contributed by atoms with Crippen molar-refractivity contribution in [2.24, 2.45) is 0 Å². The molecule has 0 radical (unpaired) electrons. The number of hydrogen-bond donors (Lipinski definition) is 1. The van der Waals surface area contributed by atoms with E-state index in [2.05, 4.69) is 20.9 Å². The first kappa shape index (κ1) is 11.2. The van der Waals surface area contributed by atoms with E-state index in [9.17, 15) is 4.39 Å². The molecule has 0 aliphatic heterocycles. The Hall–Kier alpha value is -1.88. The van der Waals surface area contributed by atoms with E-state index >= 15 is 0 Å². The van der Waals surface area contributed by atoms with Crippen molar-refractivity contribution in [3.8, 4) is 11.5 Å². The van der Waals surface area contributed by atoms with Crippen molar-refractivity contribution in [1.82, 2.24) is 4.98 Å². The van der Waals surface area contributed by atoms with Crippen LogP contribution in [-0.4, -0.2) is 4.98 Å². The zero-order valence-corrected chi connectivity index (χ0v) is 10.7. The minimum absolute atomic E-state index is 0.245. The Bertz CT molecular complexity index is 739. The third-order valence-corrected chi connectivity index (χ3v) is 3.21. The third kappa shape index (κ3) is 1.76. The molecule has 0 spiro atoms. The Kier molecular flexibility index (Phi) is 2.56. The molecule has 0 bridgehead atoms. The van der Waals surface area contributed by atoms with E-state index in [1.54, 1.807) is 36.4 Å². The lowest BCUT2D eigenvalue weighted by atomic mass is 10.2. The van der Waals surface area contributed by atoms with Gasteiger partial charge in [-0.25, -0.2) is 9.37 Å². The van der Waals surface area contributed by atoms with Gasteiger partial charge in [0.15, 0.2) is 5.58 Å². The first-order valence-electron chi connectivity index (χ1n) is 5.25. The van der Waals surface area contributed by atoms with Gasteiger partial charge in [-0.05, 0) is 40.2 Å². The Morgan fingerprint density at radius 1 is 1.22 bits per heavy atom. The first-order valence-corrected chi connectivity index (χ1v) is 6.05. The number of benzene rings is 2. The molecule has 0 atom stereocenters. The van der Waals surface area contributed by atoms with Crippen molar-refractivity contribution in [2.75, 3.05) is 5.73 Å². The number of oxazole rings is 1. The Balaban J connectivity index is 2.22. The fraction of sp³-hybridized carbons (Fsp3) is 0. The van der Waals surface area contributed by atoms with Crippen molar-refractivity contribution < 1.29 is 8.81 Å². The number of nitrogens with two attached hydrogens (primary N) is 1. The van der Waals surface area contributed by atoms with E-state index < -0.39 is 5.82 Å². The summed E-state index contributed by atoms with van der Waals surface area (Å²) < 4.78 is 19.8. The second-order valence-corrected chi connectivity index (χ2v) is 4.70. The summed E-state index contributed by atoms with van der Waals surface area (Å²) in [7, 11) is 0. The Morgan fingerprint density at radius 3 is 2.89 bits per heavy atom. The SMILES string of the molecule is Nc1ccc2nc(-c3cccc(Br)c3F)oc2c1. The average molecular weight is 307 g/mol. The predicted octanol–water partition coefficient (Wildman–Crippen LogP) is 3.98. The molecule has 0 unspecified atom stereocenters. The number of aromatic nitrogens is 1. The van der Waals surface area contributed by atoms with Gasteiger partial charge in [-0.15, -0.1) is 0 Å². The van der Waals surface area contributed by atoms with Gasteiger partial charge in [-0.3, -0.25) is 0 Å². The molecule has 1 aromatic heterocycles. The highest BCUT2D eigenvalue weighted by atomic mass is 79.9. The lowest BCUT2D eigenvalue weighted by Gasteiger charge is -1.99. The van der Waals surface area contributed by atoms with Crippen molar-refractivity contribution in [3.05, 3.63) is 46.7 Å². The standard InChI is InChI=1S/C13H8BrFN2O/c14-9-3-1-2-8(12(9)15)13-17-10-5-4-7(16)6-11(10)18-13/h1-6H,16H2. The van der Waals surface area contributed by atoms with Crippen LogP contribution in [0.25, 0.3) is 22.6 Å². The molecule has 0 saturated heterocycles. The molecule has 0 amide bonds. The van der Waals surface area contributed by atoms with Crippen LogP contribution in [0, 0.1) is 5.82 Å². The lowest BCUT2D eigenvalue weighted by Crippen LogP contribution is -1.85. The molecule has 0 aliphatic carbocycles. The predicted molar refractivity (Wildman–Crippen MR) is 71.5 cm³/mol. The Morgan fingerprint density at radius 2 is 2.06 bits per heavy atom. The first-order chi connectivity index (χ1) is 8.65.